The Hall–Kier alpha value is -1.29. The lowest BCUT2D eigenvalue weighted by Gasteiger charge is -2.29. The summed E-state index contributed by atoms with van der Waals surface area (Å²) in [5.41, 5.74) is 1.25. The summed E-state index contributed by atoms with van der Waals surface area (Å²) < 4.78 is 0. The number of carboxylic acid groups (broad SMARTS) is 1. The number of aliphatic carboxylic acids is 1. The summed E-state index contributed by atoms with van der Waals surface area (Å²) in [6.07, 6.45) is 6.52. The highest BCUT2D eigenvalue weighted by Gasteiger charge is 2.38. The first-order valence-corrected chi connectivity index (χ1v) is 8.55. The summed E-state index contributed by atoms with van der Waals surface area (Å²) in [6.45, 7) is 2.17. The molecule has 4 heteroatoms. The minimum Gasteiger partial charge on any atom is -0.481 e. The van der Waals surface area contributed by atoms with Crippen molar-refractivity contribution in [2.75, 3.05) is 0 Å². The molecule has 0 aromatic heterocycles. The fraction of sp³-hybridized carbons (Fsp3) is 0.529. The van der Waals surface area contributed by atoms with E-state index in [9.17, 15) is 14.7 Å². The van der Waals surface area contributed by atoms with Crippen LogP contribution in [0.15, 0.2) is 24.3 Å². The summed E-state index contributed by atoms with van der Waals surface area (Å²) in [5.74, 6) is -1.38. The van der Waals surface area contributed by atoms with Crippen molar-refractivity contribution in [3.63, 3.8) is 0 Å². The summed E-state index contributed by atoms with van der Waals surface area (Å²) in [6, 6.07) is 7.13. The lowest BCUT2D eigenvalue weighted by molar-refractivity contribution is -0.138. The van der Waals surface area contributed by atoms with Crippen molar-refractivity contribution in [3.8, 4) is 0 Å². The van der Waals surface area contributed by atoms with E-state index in [0.29, 0.717) is 11.1 Å². The quantitative estimate of drug-likeness (QED) is 0.755. The van der Waals surface area contributed by atoms with Gasteiger partial charge in [0.05, 0.1) is 5.92 Å². The molecule has 114 valence electrons. The van der Waals surface area contributed by atoms with Crippen molar-refractivity contribution >= 4 is 22.8 Å². The first-order chi connectivity index (χ1) is 10.1. The lowest BCUT2D eigenvalue weighted by Crippen LogP contribution is -2.30. The molecule has 0 fully saturated rings. The van der Waals surface area contributed by atoms with E-state index in [4.69, 9.17) is 0 Å². The largest absolute Gasteiger partial charge is 0.481 e. The van der Waals surface area contributed by atoms with Gasteiger partial charge in [-0.3, -0.25) is 9.59 Å². The Kier molecular flexibility index (Phi) is 5.85. The molecule has 0 unspecified atom stereocenters. The molecule has 1 aromatic carbocycles. The van der Waals surface area contributed by atoms with Gasteiger partial charge in [0.1, 0.15) is 0 Å². The molecule has 1 N–H and O–H groups in total. The lowest BCUT2D eigenvalue weighted by atomic mass is 9.88. The third-order valence-electron chi connectivity index (χ3n) is 4.00. The number of benzene rings is 1. The van der Waals surface area contributed by atoms with Gasteiger partial charge in [-0.1, -0.05) is 75.1 Å². The van der Waals surface area contributed by atoms with Gasteiger partial charge in [0, 0.05) is 10.8 Å². The fourth-order valence-corrected chi connectivity index (χ4v) is 4.16. The Labute approximate surface area is 130 Å². The van der Waals surface area contributed by atoms with Crippen LogP contribution in [-0.4, -0.2) is 21.4 Å². The van der Waals surface area contributed by atoms with E-state index >= 15 is 0 Å². The molecule has 21 heavy (non-hydrogen) atoms. The van der Waals surface area contributed by atoms with Crippen molar-refractivity contribution < 1.29 is 14.7 Å². The molecule has 1 aromatic rings. The van der Waals surface area contributed by atoms with Crippen molar-refractivity contribution in [3.05, 3.63) is 35.4 Å². The minimum atomic E-state index is -0.819. The molecule has 0 radical (unpaired) electrons. The van der Waals surface area contributed by atoms with Crippen LogP contribution in [0.3, 0.4) is 0 Å². The molecule has 0 saturated carbocycles. The molecule has 2 atom stereocenters. The van der Waals surface area contributed by atoms with E-state index in [1.54, 1.807) is 18.2 Å². The van der Waals surface area contributed by atoms with Gasteiger partial charge in [-0.25, -0.2) is 0 Å². The van der Waals surface area contributed by atoms with E-state index in [1.165, 1.54) is 31.0 Å². The van der Waals surface area contributed by atoms with Crippen LogP contribution >= 0.6 is 11.8 Å². The Balaban J connectivity index is 2.08. The Bertz CT molecular complexity index is 513. The smallest absolute Gasteiger partial charge is 0.312 e. The predicted molar refractivity (Wildman–Crippen MR) is 85.9 cm³/mol. The number of hydrogen-bond acceptors (Lipinski definition) is 3. The molecule has 2 rings (SSSR count). The first-order valence-electron chi connectivity index (χ1n) is 7.68. The minimum absolute atomic E-state index is 0.0154. The van der Waals surface area contributed by atoms with Gasteiger partial charge in [0.2, 0.25) is 5.12 Å². The topological polar surface area (TPSA) is 54.4 Å². The van der Waals surface area contributed by atoms with Gasteiger partial charge in [-0.2, -0.15) is 0 Å². The maximum Gasteiger partial charge on any atom is 0.312 e. The second kappa shape index (κ2) is 7.64. The first kappa shape index (κ1) is 16.1. The van der Waals surface area contributed by atoms with Crippen LogP contribution in [-0.2, 0) is 4.79 Å². The average molecular weight is 306 g/mol. The molecule has 3 nitrogen and oxygen atoms in total. The number of carbonyl (C=O) groups is 2. The fourth-order valence-electron chi connectivity index (χ4n) is 2.89. The zero-order valence-corrected chi connectivity index (χ0v) is 13.2. The number of rotatable bonds is 7. The molecule has 1 aliphatic rings. The van der Waals surface area contributed by atoms with Gasteiger partial charge >= 0.3 is 5.97 Å². The zero-order chi connectivity index (χ0) is 15.2. The van der Waals surface area contributed by atoms with Gasteiger partial charge in [-0.05, 0) is 12.0 Å². The summed E-state index contributed by atoms with van der Waals surface area (Å²) >= 11 is 1.21. The van der Waals surface area contributed by atoms with Gasteiger partial charge in [-0.15, -0.1) is 0 Å². The monoisotopic (exact) mass is 306 g/mol. The third-order valence-corrected chi connectivity index (χ3v) is 5.25. The van der Waals surface area contributed by atoms with E-state index in [1.807, 2.05) is 6.07 Å². The number of carboxylic acids is 1. The van der Waals surface area contributed by atoms with Crippen LogP contribution < -0.4 is 0 Å². The van der Waals surface area contributed by atoms with Crippen LogP contribution in [0.25, 0.3) is 0 Å². The van der Waals surface area contributed by atoms with Crippen LogP contribution in [0.4, 0.5) is 0 Å². The molecule has 0 amide bonds. The van der Waals surface area contributed by atoms with E-state index in [-0.39, 0.29) is 10.4 Å². The zero-order valence-electron chi connectivity index (χ0n) is 12.4. The average Bonchev–Trinajstić information content (AvgIpc) is 2.47. The third kappa shape index (κ3) is 3.88. The SMILES string of the molecule is CCCCCCC[C@H]1SC(=O)c2ccccc2[C@@H]1C(=O)O. The molecule has 0 bridgehead atoms. The van der Waals surface area contributed by atoms with Crippen LogP contribution in [0.5, 0.6) is 0 Å². The number of hydrogen-bond donors (Lipinski definition) is 1. The summed E-state index contributed by atoms with van der Waals surface area (Å²) in [4.78, 5) is 23.8. The van der Waals surface area contributed by atoms with Crippen molar-refractivity contribution in [1.82, 2.24) is 0 Å². The molecule has 0 spiro atoms. The molecular weight excluding hydrogens is 284 g/mol. The normalized spacial score (nSPS) is 21.1. The molecule has 0 aliphatic carbocycles. The van der Waals surface area contributed by atoms with Crippen molar-refractivity contribution in [2.45, 2.75) is 56.6 Å². The van der Waals surface area contributed by atoms with Gasteiger partial charge < -0.3 is 5.11 Å². The highest BCUT2D eigenvalue weighted by Crippen LogP contribution is 2.41. The number of thioether (sulfide) groups is 1. The van der Waals surface area contributed by atoms with Crippen molar-refractivity contribution in [2.24, 2.45) is 0 Å². The van der Waals surface area contributed by atoms with Gasteiger partial charge in [0.25, 0.3) is 0 Å². The second-order valence-electron chi connectivity index (χ2n) is 5.55. The second-order valence-corrected chi connectivity index (χ2v) is 6.76. The molecular formula is C17H22O3S. The maximum atomic E-state index is 12.2. The highest BCUT2D eigenvalue weighted by molar-refractivity contribution is 8.14. The van der Waals surface area contributed by atoms with Gasteiger partial charge in [0.15, 0.2) is 0 Å². The summed E-state index contributed by atoms with van der Waals surface area (Å²) in [7, 11) is 0. The molecule has 1 heterocycles. The van der Waals surface area contributed by atoms with E-state index < -0.39 is 11.9 Å². The Morgan fingerprint density at radius 1 is 1.19 bits per heavy atom. The number of fused-ring (bicyclic) bond motifs is 1. The Morgan fingerprint density at radius 3 is 2.62 bits per heavy atom. The number of carbonyl (C=O) groups excluding carboxylic acids is 1. The van der Waals surface area contributed by atoms with Crippen LogP contribution in [0.2, 0.25) is 0 Å². The molecule has 1 aliphatic heterocycles. The maximum absolute atomic E-state index is 12.2. The Morgan fingerprint density at radius 2 is 1.90 bits per heavy atom. The predicted octanol–water partition coefficient (Wildman–Crippen LogP) is 4.47. The standard InChI is InChI=1S/C17H22O3S/c1-2-3-4-5-6-11-14-15(16(18)19)12-9-7-8-10-13(12)17(20)21-14/h7-10,14-15H,2-6,11H2,1H3,(H,18,19)/t14-,15+/m1/s1. The van der Waals surface area contributed by atoms with Crippen LogP contribution in [0.1, 0.15) is 67.3 Å². The highest BCUT2D eigenvalue weighted by atomic mass is 32.2. The summed E-state index contributed by atoms with van der Waals surface area (Å²) in [5, 5.41) is 9.44. The van der Waals surface area contributed by atoms with Crippen LogP contribution in [0, 0.1) is 0 Å². The number of unbranched alkanes of at least 4 members (excludes halogenated alkanes) is 4. The van der Waals surface area contributed by atoms with E-state index in [2.05, 4.69) is 6.92 Å². The van der Waals surface area contributed by atoms with Crippen molar-refractivity contribution in [1.29, 1.82) is 0 Å². The van der Waals surface area contributed by atoms with E-state index in [0.717, 1.165) is 19.3 Å². The molecule has 0 saturated heterocycles.